The first-order chi connectivity index (χ1) is 9.20. The summed E-state index contributed by atoms with van der Waals surface area (Å²) in [7, 11) is 3.33. The lowest BCUT2D eigenvalue weighted by Crippen LogP contribution is -2.30. The normalized spacial score (nSPS) is 22.7. The second-order valence-corrected chi connectivity index (χ2v) is 5.17. The summed E-state index contributed by atoms with van der Waals surface area (Å²) in [5, 5.41) is 0. The first-order valence-electron chi connectivity index (χ1n) is 6.13. The predicted molar refractivity (Wildman–Crippen MR) is 73.4 cm³/mol. The second-order valence-electron chi connectivity index (χ2n) is 4.35. The molecule has 0 unspecified atom stereocenters. The lowest BCUT2D eigenvalue weighted by Gasteiger charge is -2.25. The van der Waals surface area contributed by atoms with Crippen LogP contribution < -0.4 is 4.74 Å². The van der Waals surface area contributed by atoms with Crippen LogP contribution in [0.4, 0.5) is 0 Å². The summed E-state index contributed by atoms with van der Waals surface area (Å²) in [5.74, 6) is 0.747. The van der Waals surface area contributed by atoms with E-state index in [0.717, 1.165) is 22.5 Å². The lowest BCUT2D eigenvalue weighted by atomic mass is 9.98. The van der Waals surface area contributed by atoms with Crippen molar-refractivity contribution in [3.05, 3.63) is 22.4 Å². The molecule has 1 saturated heterocycles. The molecule has 0 N–H and O–H groups in total. The third-order valence-electron chi connectivity index (χ3n) is 3.17. The molecule has 2 rings (SSSR count). The Labute approximate surface area is 121 Å². The Morgan fingerprint density at radius 3 is 2.84 bits per heavy atom. The van der Waals surface area contributed by atoms with Crippen molar-refractivity contribution in [3.8, 4) is 5.75 Å². The van der Waals surface area contributed by atoms with Crippen LogP contribution in [0.1, 0.15) is 12.1 Å². The van der Waals surface area contributed by atoms with Gasteiger partial charge in [-0.05, 0) is 15.9 Å². The molecule has 0 aromatic carbocycles. The van der Waals surface area contributed by atoms with E-state index in [1.54, 1.807) is 14.2 Å². The van der Waals surface area contributed by atoms with E-state index < -0.39 is 5.60 Å². The zero-order valence-electron chi connectivity index (χ0n) is 11.1. The van der Waals surface area contributed by atoms with Crippen molar-refractivity contribution in [1.29, 1.82) is 0 Å². The number of pyridine rings is 1. The molecule has 0 aliphatic carbocycles. The predicted octanol–water partition coefficient (Wildman–Crippen LogP) is 2.13. The van der Waals surface area contributed by atoms with Crippen LogP contribution >= 0.6 is 15.9 Å². The van der Waals surface area contributed by atoms with E-state index >= 15 is 0 Å². The fraction of sp³-hybridized carbons (Fsp3) is 0.615. The Bertz CT molecular complexity index is 421. The maximum atomic E-state index is 5.63. The molecule has 19 heavy (non-hydrogen) atoms. The summed E-state index contributed by atoms with van der Waals surface area (Å²) in [4.78, 5) is 4.49. The van der Waals surface area contributed by atoms with Gasteiger partial charge in [-0.1, -0.05) is 0 Å². The Morgan fingerprint density at radius 1 is 1.37 bits per heavy atom. The fourth-order valence-electron chi connectivity index (χ4n) is 2.05. The molecule has 0 spiro atoms. The Balaban J connectivity index is 2.20. The molecule has 106 valence electrons. The van der Waals surface area contributed by atoms with E-state index in [4.69, 9.17) is 18.9 Å². The first-order valence-corrected chi connectivity index (χ1v) is 6.92. The summed E-state index contributed by atoms with van der Waals surface area (Å²) in [6.07, 6.45) is 0.796. The third kappa shape index (κ3) is 3.45. The van der Waals surface area contributed by atoms with Crippen LogP contribution in [0.3, 0.4) is 0 Å². The minimum atomic E-state index is -0.469. The average Bonchev–Trinajstić information content (AvgIpc) is 2.88. The van der Waals surface area contributed by atoms with Crippen LogP contribution in [-0.2, 0) is 19.8 Å². The number of aromatic nitrogens is 1. The number of halogens is 1. The molecule has 1 atom stereocenters. The molecule has 2 heterocycles. The molecule has 1 aromatic rings. The van der Waals surface area contributed by atoms with Gasteiger partial charge in [-0.25, -0.2) is 4.98 Å². The smallest absolute Gasteiger partial charge is 0.135 e. The SMILES string of the molecule is COCCOc1cc(Br)nc([C@@]2(OC)CCOC2)c1. The number of rotatable bonds is 6. The van der Waals surface area contributed by atoms with Gasteiger partial charge in [-0.15, -0.1) is 0 Å². The molecule has 6 heteroatoms. The zero-order chi connectivity index (χ0) is 13.7. The fourth-order valence-corrected chi connectivity index (χ4v) is 2.46. The third-order valence-corrected chi connectivity index (χ3v) is 3.57. The summed E-state index contributed by atoms with van der Waals surface area (Å²) in [6.45, 7) is 2.25. The summed E-state index contributed by atoms with van der Waals surface area (Å²) in [5.41, 5.74) is 0.359. The van der Waals surface area contributed by atoms with Gasteiger partial charge >= 0.3 is 0 Å². The van der Waals surface area contributed by atoms with E-state index in [1.165, 1.54) is 0 Å². The summed E-state index contributed by atoms with van der Waals surface area (Å²) < 4.78 is 22.4. The highest BCUT2D eigenvalue weighted by Gasteiger charge is 2.38. The van der Waals surface area contributed by atoms with Crippen molar-refractivity contribution in [1.82, 2.24) is 4.98 Å². The number of hydrogen-bond donors (Lipinski definition) is 0. The Kier molecular flexibility index (Phi) is 5.15. The van der Waals surface area contributed by atoms with Gasteiger partial charge in [0.2, 0.25) is 0 Å². The van der Waals surface area contributed by atoms with Gasteiger partial charge < -0.3 is 18.9 Å². The van der Waals surface area contributed by atoms with E-state index in [2.05, 4.69) is 20.9 Å². The molecule has 1 aliphatic heterocycles. The second kappa shape index (κ2) is 6.65. The van der Waals surface area contributed by atoms with Crippen molar-refractivity contribution in [2.75, 3.05) is 40.6 Å². The van der Waals surface area contributed by atoms with E-state index in [9.17, 15) is 0 Å². The zero-order valence-corrected chi connectivity index (χ0v) is 12.7. The van der Waals surface area contributed by atoms with Crippen LogP contribution in [0.5, 0.6) is 5.75 Å². The maximum Gasteiger partial charge on any atom is 0.135 e. The highest BCUT2D eigenvalue weighted by atomic mass is 79.9. The molecule has 1 fully saturated rings. The number of hydrogen-bond acceptors (Lipinski definition) is 5. The quantitative estimate of drug-likeness (QED) is 0.590. The average molecular weight is 332 g/mol. The van der Waals surface area contributed by atoms with Crippen LogP contribution in [0, 0.1) is 0 Å². The van der Waals surface area contributed by atoms with Gasteiger partial charge in [0.05, 0.1) is 18.9 Å². The largest absolute Gasteiger partial charge is 0.491 e. The van der Waals surface area contributed by atoms with Crippen molar-refractivity contribution < 1.29 is 18.9 Å². The van der Waals surface area contributed by atoms with Crippen molar-refractivity contribution in [2.45, 2.75) is 12.0 Å². The highest BCUT2D eigenvalue weighted by molar-refractivity contribution is 9.10. The summed E-state index contributed by atoms with van der Waals surface area (Å²) in [6, 6.07) is 3.73. The molecule has 1 aromatic heterocycles. The van der Waals surface area contributed by atoms with Crippen LogP contribution in [0.15, 0.2) is 16.7 Å². The first kappa shape index (κ1) is 14.7. The minimum Gasteiger partial charge on any atom is -0.491 e. The van der Waals surface area contributed by atoms with E-state index in [-0.39, 0.29) is 0 Å². The molecule has 0 bridgehead atoms. The number of nitrogens with zero attached hydrogens (tertiary/aromatic N) is 1. The van der Waals surface area contributed by atoms with Crippen LogP contribution in [0.25, 0.3) is 0 Å². The standard InChI is InChI=1S/C13H18BrNO4/c1-16-5-6-19-10-7-11(15-12(14)8-10)13(17-2)3-4-18-9-13/h7-8H,3-6,9H2,1-2H3/t13-/m1/s1. The van der Waals surface area contributed by atoms with Crippen molar-refractivity contribution in [2.24, 2.45) is 0 Å². The Hall–Kier alpha value is -0.690. The molecule has 1 aliphatic rings. The van der Waals surface area contributed by atoms with Crippen LogP contribution in [-0.4, -0.2) is 45.6 Å². The topological polar surface area (TPSA) is 49.8 Å². The highest BCUT2D eigenvalue weighted by Crippen LogP contribution is 2.35. The van der Waals surface area contributed by atoms with Gasteiger partial charge in [-0.2, -0.15) is 0 Å². The molecular weight excluding hydrogens is 314 g/mol. The van der Waals surface area contributed by atoms with Crippen LogP contribution in [0.2, 0.25) is 0 Å². The summed E-state index contributed by atoms with van der Waals surface area (Å²) >= 11 is 3.40. The molecule has 0 amide bonds. The van der Waals surface area contributed by atoms with Gasteiger partial charge in [0.1, 0.15) is 22.6 Å². The minimum absolute atomic E-state index is 0.469. The monoisotopic (exact) mass is 331 g/mol. The van der Waals surface area contributed by atoms with Gasteiger partial charge in [-0.3, -0.25) is 0 Å². The Morgan fingerprint density at radius 2 is 2.21 bits per heavy atom. The van der Waals surface area contributed by atoms with Gasteiger partial charge in [0.25, 0.3) is 0 Å². The van der Waals surface area contributed by atoms with Gasteiger partial charge in [0.15, 0.2) is 0 Å². The lowest BCUT2D eigenvalue weighted by molar-refractivity contribution is -0.0249. The maximum absolute atomic E-state index is 5.63. The number of methoxy groups -OCH3 is 2. The van der Waals surface area contributed by atoms with E-state index in [1.807, 2.05) is 12.1 Å². The molecular formula is C13H18BrNO4. The van der Waals surface area contributed by atoms with Crippen molar-refractivity contribution >= 4 is 15.9 Å². The molecule has 0 saturated carbocycles. The van der Waals surface area contributed by atoms with Gasteiger partial charge in [0, 0.05) is 39.4 Å². The van der Waals surface area contributed by atoms with E-state index in [0.29, 0.717) is 26.4 Å². The number of ether oxygens (including phenoxy) is 4. The molecule has 5 nitrogen and oxygen atoms in total. The molecule has 0 radical (unpaired) electrons. The van der Waals surface area contributed by atoms with Crippen molar-refractivity contribution in [3.63, 3.8) is 0 Å².